The van der Waals surface area contributed by atoms with E-state index in [2.05, 4.69) is 75.8 Å². The monoisotopic (exact) mass is 768 g/mol. The van der Waals surface area contributed by atoms with Crippen LogP contribution in [-0.2, 0) is 57.1 Å². The van der Waals surface area contributed by atoms with E-state index in [-0.39, 0.29) is 114 Å². The lowest BCUT2D eigenvalue weighted by Crippen LogP contribution is -2.47. The van der Waals surface area contributed by atoms with E-state index in [1.54, 1.807) is 0 Å². The summed E-state index contributed by atoms with van der Waals surface area (Å²) in [5.41, 5.74) is -2.51. The molecule has 0 saturated carbocycles. The summed E-state index contributed by atoms with van der Waals surface area (Å²) in [7, 11) is 0. The van der Waals surface area contributed by atoms with Crippen molar-refractivity contribution in [1.29, 1.82) is 0 Å². The fourth-order valence-corrected chi connectivity index (χ4v) is 4.47. The van der Waals surface area contributed by atoms with E-state index in [0.717, 1.165) is 0 Å². The van der Waals surface area contributed by atoms with Crippen molar-refractivity contribution >= 4 is 106 Å². The normalized spacial score (nSPS) is 11.5. The van der Waals surface area contributed by atoms with Gasteiger partial charge in [0.2, 0.25) is 0 Å². The lowest BCUT2D eigenvalue weighted by atomic mass is 9.90. The lowest BCUT2D eigenvalue weighted by Gasteiger charge is -2.36. The largest absolute Gasteiger partial charge is 0.465 e. The van der Waals surface area contributed by atoms with Gasteiger partial charge in [0.05, 0.1) is 62.8 Å². The molecule has 0 unspecified atom stereocenters. The van der Waals surface area contributed by atoms with Crippen molar-refractivity contribution in [2.75, 3.05) is 94.0 Å². The summed E-state index contributed by atoms with van der Waals surface area (Å²) >= 11 is 24.5. The van der Waals surface area contributed by atoms with Gasteiger partial charge in [0.15, 0.2) is 0 Å². The maximum Gasteiger partial charge on any atom is 0.306 e. The summed E-state index contributed by atoms with van der Waals surface area (Å²) in [6.07, 6.45) is 0.782. The highest BCUT2D eigenvalue weighted by Crippen LogP contribution is 2.26. The van der Waals surface area contributed by atoms with Crippen molar-refractivity contribution in [3.05, 3.63) is 0 Å². The molecule has 12 nitrogen and oxygen atoms in total. The summed E-state index contributed by atoms with van der Waals surface area (Å²) in [6, 6.07) is 0. The Morgan fingerprint density at radius 2 is 0.630 bits per heavy atom. The van der Waals surface area contributed by atoms with Gasteiger partial charge < -0.3 is 33.2 Å². The van der Waals surface area contributed by atoms with Crippen LogP contribution in [0.15, 0.2) is 0 Å². The van der Waals surface area contributed by atoms with Crippen molar-refractivity contribution in [2.45, 2.75) is 38.5 Å². The van der Waals surface area contributed by atoms with Crippen LogP contribution in [0, 0.1) is 10.8 Å². The van der Waals surface area contributed by atoms with Gasteiger partial charge in [-0.2, -0.15) is 75.8 Å². The number of carbonyl (C=O) groups excluding carboxylic acids is 5. The molecule has 0 saturated heterocycles. The number of rotatable bonds is 29. The van der Waals surface area contributed by atoms with E-state index in [1.165, 1.54) is 0 Å². The first kappa shape index (κ1) is 45.4. The fraction of sp³-hybridized carbons (Fsp3) is 0.821. The van der Waals surface area contributed by atoms with Crippen LogP contribution in [0.4, 0.5) is 0 Å². The minimum atomic E-state index is -1.34. The maximum absolute atomic E-state index is 12.3. The second kappa shape index (κ2) is 28.2. The molecule has 0 fully saturated rings. The third kappa shape index (κ3) is 22.1. The zero-order valence-electron chi connectivity index (χ0n) is 25.9. The van der Waals surface area contributed by atoms with Gasteiger partial charge in [0, 0.05) is 35.4 Å². The summed E-state index contributed by atoms with van der Waals surface area (Å²) in [4.78, 5) is 61.5. The van der Waals surface area contributed by atoms with Crippen molar-refractivity contribution in [3.63, 3.8) is 0 Å². The predicted octanol–water partition coefficient (Wildman–Crippen LogP) is 2.63. The molecular formula is C28H48O12S6. The molecule has 0 bridgehead atoms. The second-order valence-electron chi connectivity index (χ2n) is 10.3. The van der Waals surface area contributed by atoms with Gasteiger partial charge in [-0.1, -0.05) is 0 Å². The minimum Gasteiger partial charge on any atom is -0.465 e. The van der Waals surface area contributed by atoms with Gasteiger partial charge in [-0.15, -0.1) is 0 Å². The first-order valence-electron chi connectivity index (χ1n) is 14.6. The van der Waals surface area contributed by atoms with Crippen LogP contribution < -0.4 is 0 Å². The Kier molecular flexibility index (Phi) is 27.8. The van der Waals surface area contributed by atoms with E-state index >= 15 is 0 Å². The highest BCUT2D eigenvalue weighted by molar-refractivity contribution is 7.81. The average molecular weight is 769 g/mol. The van der Waals surface area contributed by atoms with Crippen LogP contribution in [0.5, 0.6) is 0 Å². The first-order chi connectivity index (χ1) is 22.0. The summed E-state index contributed by atoms with van der Waals surface area (Å²) in [5, 5.41) is 0. The third-order valence-electron chi connectivity index (χ3n) is 5.95. The Hall–Kier alpha value is -0.630. The number of ether oxygens (including phenoxy) is 7. The highest BCUT2D eigenvalue weighted by atomic mass is 32.1. The van der Waals surface area contributed by atoms with E-state index in [9.17, 15) is 24.0 Å². The molecule has 0 rings (SSSR count). The quantitative estimate of drug-likeness (QED) is 0.0288. The van der Waals surface area contributed by atoms with Crippen LogP contribution >= 0.6 is 75.8 Å². The van der Waals surface area contributed by atoms with Gasteiger partial charge in [-0.05, 0) is 12.2 Å². The maximum atomic E-state index is 12.3. The summed E-state index contributed by atoms with van der Waals surface area (Å²) in [5.74, 6) is -0.913. The zero-order valence-corrected chi connectivity index (χ0v) is 31.3. The molecule has 0 aromatic heterocycles. The number of esters is 5. The SMILES string of the molecule is O=C(CCS)OCC(COCCCS)(COCC(COC(=O)CCS)(COC(=O)CCS)COC(=O)CCS)COC(=O)CCS. The van der Waals surface area contributed by atoms with Crippen molar-refractivity contribution in [1.82, 2.24) is 0 Å². The molecule has 0 aliphatic heterocycles. The Morgan fingerprint density at radius 1 is 0.370 bits per heavy atom. The minimum absolute atomic E-state index is 0.0148. The Morgan fingerprint density at radius 3 is 0.891 bits per heavy atom. The van der Waals surface area contributed by atoms with Crippen LogP contribution in [0.25, 0.3) is 0 Å². The van der Waals surface area contributed by atoms with Crippen LogP contribution in [0.2, 0.25) is 0 Å². The van der Waals surface area contributed by atoms with E-state index in [1.807, 2.05) is 0 Å². The Bertz CT molecular complexity index is 818. The lowest BCUT2D eigenvalue weighted by molar-refractivity contribution is -0.173. The molecule has 0 aliphatic carbocycles. The molecule has 0 atom stereocenters. The highest BCUT2D eigenvalue weighted by Gasteiger charge is 2.40. The molecule has 0 aromatic carbocycles. The number of carbonyl (C=O) groups is 5. The van der Waals surface area contributed by atoms with Gasteiger partial charge in [0.1, 0.15) is 33.0 Å². The topological polar surface area (TPSA) is 150 Å². The average Bonchev–Trinajstić information content (AvgIpc) is 3.02. The Labute approximate surface area is 304 Å². The van der Waals surface area contributed by atoms with Crippen molar-refractivity contribution in [2.24, 2.45) is 10.8 Å². The fourth-order valence-electron chi connectivity index (χ4n) is 3.42. The smallest absolute Gasteiger partial charge is 0.306 e. The standard InChI is InChI=1S/C28H48O12S6/c29-22(2-9-42)36-17-27(14-34-7-1-8-41,18-37-23(30)3-10-43)15-35-16-28(19-38-24(31)4-11-44,20-39-25(32)5-12-45)21-40-26(33)6-13-46/h41-46H,1-21H2. The second-order valence-corrected chi connectivity index (χ2v) is 13.0. The molecule has 0 aliphatic rings. The molecule has 0 aromatic rings. The predicted molar refractivity (Wildman–Crippen MR) is 192 cm³/mol. The van der Waals surface area contributed by atoms with Gasteiger partial charge in [-0.3, -0.25) is 24.0 Å². The molecule has 0 radical (unpaired) electrons. The van der Waals surface area contributed by atoms with Crippen LogP contribution in [-0.4, -0.2) is 124 Å². The zero-order chi connectivity index (χ0) is 34.7. The van der Waals surface area contributed by atoms with E-state index in [4.69, 9.17) is 33.2 Å². The van der Waals surface area contributed by atoms with Gasteiger partial charge >= 0.3 is 29.8 Å². The Balaban J connectivity index is 6.33. The molecule has 0 spiro atoms. The third-order valence-corrected chi connectivity index (χ3v) is 7.38. The van der Waals surface area contributed by atoms with Gasteiger partial charge in [0.25, 0.3) is 0 Å². The summed E-state index contributed by atoms with van der Waals surface area (Å²) in [6.45, 7) is -1.59. The first-order valence-corrected chi connectivity index (χ1v) is 18.4. The number of hydrogen-bond acceptors (Lipinski definition) is 18. The van der Waals surface area contributed by atoms with Gasteiger partial charge in [-0.25, -0.2) is 0 Å². The molecule has 0 heterocycles. The molecule has 18 heteroatoms. The number of thiol groups is 6. The van der Waals surface area contributed by atoms with Crippen LogP contribution in [0.1, 0.15) is 38.5 Å². The molecular weight excluding hydrogens is 721 g/mol. The molecule has 46 heavy (non-hydrogen) atoms. The van der Waals surface area contributed by atoms with E-state index in [0.29, 0.717) is 18.8 Å². The molecule has 0 amide bonds. The van der Waals surface area contributed by atoms with Crippen LogP contribution in [0.3, 0.4) is 0 Å². The summed E-state index contributed by atoms with van der Waals surface area (Å²) < 4.78 is 39.4. The van der Waals surface area contributed by atoms with E-state index < -0.39 is 40.7 Å². The van der Waals surface area contributed by atoms with Crippen molar-refractivity contribution < 1.29 is 57.1 Å². The van der Waals surface area contributed by atoms with Crippen molar-refractivity contribution in [3.8, 4) is 0 Å². The molecule has 268 valence electrons. The molecule has 0 N–H and O–H groups in total. The number of hydrogen-bond donors (Lipinski definition) is 6.